The van der Waals surface area contributed by atoms with E-state index in [2.05, 4.69) is 5.32 Å². The van der Waals surface area contributed by atoms with Crippen molar-refractivity contribution in [3.05, 3.63) is 0 Å². The van der Waals surface area contributed by atoms with Gasteiger partial charge in [-0.1, -0.05) is 0 Å². The van der Waals surface area contributed by atoms with Crippen molar-refractivity contribution >= 4 is 6.09 Å². The Hall–Kier alpha value is -0.810. The Balaban J connectivity index is 3.64. The second-order valence-electron chi connectivity index (χ2n) is 3.72. The fourth-order valence-corrected chi connectivity index (χ4v) is 0.580. The molecule has 13 heavy (non-hydrogen) atoms. The van der Waals surface area contributed by atoms with Crippen LogP contribution in [0.5, 0.6) is 0 Å². The van der Waals surface area contributed by atoms with Gasteiger partial charge >= 0.3 is 6.09 Å². The van der Waals surface area contributed by atoms with E-state index in [-0.39, 0.29) is 13.2 Å². The molecule has 5 heteroatoms. The number of aliphatic hydroxyl groups excluding tert-OH is 2. The molecule has 1 atom stereocenters. The van der Waals surface area contributed by atoms with E-state index < -0.39 is 17.8 Å². The summed E-state index contributed by atoms with van der Waals surface area (Å²) in [4.78, 5) is 11.0. The van der Waals surface area contributed by atoms with Crippen LogP contribution in [0.1, 0.15) is 20.8 Å². The van der Waals surface area contributed by atoms with Gasteiger partial charge in [-0.3, -0.25) is 0 Å². The highest BCUT2D eigenvalue weighted by Gasteiger charge is 2.16. The van der Waals surface area contributed by atoms with E-state index in [0.717, 1.165) is 0 Å². The summed E-state index contributed by atoms with van der Waals surface area (Å²) in [5.41, 5.74) is -0.547. The second kappa shape index (κ2) is 5.04. The van der Waals surface area contributed by atoms with Gasteiger partial charge in [-0.15, -0.1) is 0 Å². The van der Waals surface area contributed by atoms with Gasteiger partial charge in [0.2, 0.25) is 0 Å². The highest BCUT2D eigenvalue weighted by molar-refractivity contribution is 5.67. The second-order valence-corrected chi connectivity index (χ2v) is 3.72. The van der Waals surface area contributed by atoms with Gasteiger partial charge in [0.15, 0.2) is 0 Å². The molecule has 0 saturated heterocycles. The van der Waals surface area contributed by atoms with E-state index in [1.165, 1.54) is 0 Å². The first kappa shape index (κ1) is 12.2. The molecule has 0 aromatic rings. The van der Waals surface area contributed by atoms with E-state index in [1.54, 1.807) is 20.8 Å². The summed E-state index contributed by atoms with van der Waals surface area (Å²) < 4.78 is 4.89. The fourth-order valence-electron chi connectivity index (χ4n) is 0.580. The van der Waals surface area contributed by atoms with Gasteiger partial charge in [0.25, 0.3) is 0 Å². The van der Waals surface area contributed by atoms with E-state index in [0.29, 0.717) is 0 Å². The number of carbonyl (C=O) groups excluding carboxylic acids is 1. The molecule has 0 spiro atoms. The monoisotopic (exact) mass is 191 g/mol. The largest absolute Gasteiger partial charge is 0.444 e. The number of carbonyl (C=O) groups is 1. The topological polar surface area (TPSA) is 78.8 Å². The van der Waals surface area contributed by atoms with Crippen molar-refractivity contribution in [2.75, 3.05) is 13.2 Å². The van der Waals surface area contributed by atoms with Crippen LogP contribution in [-0.2, 0) is 4.74 Å². The van der Waals surface area contributed by atoms with Crippen LogP contribution in [0.4, 0.5) is 4.79 Å². The Labute approximate surface area is 77.7 Å². The Morgan fingerprint density at radius 3 is 2.46 bits per heavy atom. The first-order chi connectivity index (χ1) is 5.85. The van der Waals surface area contributed by atoms with Crippen LogP contribution in [0, 0.1) is 0 Å². The zero-order chi connectivity index (χ0) is 10.5. The number of aliphatic hydroxyl groups is 2. The molecule has 0 aromatic heterocycles. The maximum absolute atomic E-state index is 11.0. The van der Waals surface area contributed by atoms with Gasteiger partial charge in [0.1, 0.15) is 5.60 Å². The lowest BCUT2D eigenvalue weighted by molar-refractivity contribution is 0.0451. The molecule has 78 valence electrons. The fraction of sp³-hybridized carbons (Fsp3) is 0.875. The van der Waals surface area contributed by atoms with E-state index >= 15 is 0 Å². The number of alkyl carbamates (subject to hydrolysis) is 1. The highest BCUT2D eigenvalue weighted by atomic mass is 16.6. The van der Waals surface area contributed by atoms with Crippen molar-refractivity contribution in [1.29, 1.82) is 0 Å². The summed E-state index contributed by atoms with van der Waals surface area (Å²) in [7, 11) is 0. The molecule has 0 aliphatic rings. The lowest BCUT2D eigenvalue weighted by Crippen LogP contribution is -2.37. The number of ether oxygens (including phenoxy) is 1. The standard InChI is InChI=1S/C8H17NO4/c1-8(2,3)13-7(12)9-4-6(11)5-10/h6,10-11H,4-5H2,1-3H3,(H,9,12)/t6-/m1/s1. The number of amides is 1. The minimum absolute atomic E-state index is 0.00852. The molecule has 0 saturated carbocycles. The molecule has 0 rings (SSSR count). The van der Waals surface area contributed by atoms with Gasteiger partial charge in [0, 0.05) is 6.54 Å². The lowest BCUT2D eigenvalue weighted by Gasteiger charge is -2.20. The third-order valence-electron chi connectivity index (χ3n) is 1.09. The molecule has 0 heterocycles. The van der Waals surface area contributed by atoms with Gasteiger partial charge in [-0.2, -0.15) is 0 Å². The average Bonchev–Trinajstić information content (AvgIpc) is 1.97. The van der Waals surface area contributed by atoms with Gasteiger partial charge in [0.05, 0.1) is 12.7 Å². The molecular formula is C8H17NO4. The molecule has 0 radical (unpaired) electrons. The molecule has 0 unspecified atom stereocenters. The Morgan fingerprint density at radius 2 is 2.08 bits per heavy atom. The minimum atomic E-state index is -0.937. The number of rotatable bonds is 3. The molecule has 0 aromatic carbocycles. The SMILES string of the molecule is CC(C)(C)OC(=O)NC[C@@H](O)CO. The van der Waals surface area contributed by atoms with Gasteiger partial charge < -0.3 is 20.3 Å². The first-order valence-electron chi connectivity index (χ1n) is 4.11. The van der Waals surface area contributed by atoms with Crippen LogP contribution in [0.2, 0.25) is 0 Å². The van der Waals surface area contributed by atoms with Crippen molar-refractivity contribution in [3.8, 4) is 0 Å². The summed E-state index contributed by atoms with van der Waals surface area (Å²) >= 11 is 0. The number of hydrogen-bond acceptors (Lipinski definition) is 4. The summed E-state index contributed by atoms with van der Waals surface area (Å²) in [6.45, 7) is 4.85. The summed E-state index contributed by atoms with van der Waals surface area (Å²) in [5, 5.41) is 19.6. The van der Waals surface area contributed by atoms with Gasteiger partial charge in [-0.25, -0.2) is 4.79 Å². The highest BCUT2D eigenvalue weighted by Crippen LogP contribution is 2.06. The predicted octanol–water partition coefficient (Wildman–Crippen LogP) is -0.136. The van der Waals surface area contributed by atoms with Crippen molar-refractivity contribution < 1.29 is 19.7 Å². The van der Waals surface area contributed by atoms with Crippen LogP contribution in [-0.4, -0.2) is 41.2 Å². The normalized spacial score (nSPS) is 13.6. The van der Waals surface area contributed by atoms with E-state index in [4.69, 9.17) is 14.9 Å². The third-order valence-corrected chi connectivity index (χ3v) is 1.09. The molecule has 0 aliphatic heterocycles. The molecule has 1 amide bonds. The molecule has 5 nitrogen and oxygen atoms in total. The van der Waals surface area contributed by atoms with Crippen LogP contribution < -0.4 is 5.32 Å². The summed E-state index contributed by atoms with van der Waals surface area (Å²) in [6.07, 6.45) is -1.53. The number of hydrogen-bond donors (Lipinski definition) is 3. The minimum Gasteiger partial charge on any atom is -0.444 e. The van der Waals surface area contributed by atoms with Gasteiger partial charge in [-0.05, 0) is 20.8 Å². The lowest BCUT2D eigenvalue weighted by atomic mass is 10.2. The zero-order valence-electron chi connectivity index (χ0n) is 8.20. The van der Waals surface area contributed by atoms with Crippen LogP contribution in [0.15, 0.2) is 0 Å². The van der Waals surface area contributed by atoms with Crippen LogP contribution >= 0.6 is 0 Å². The van der Waals surface area contributed by atoms with Crippen molar-refractivity contribution in [2.45, 2.75) is 32.5 Å². The molecule has 0 fully saturated rings. The average molecular weight is 191 g/mol. The van der Waals surface area contributed by atoms with E-state index in [9.17, 15) is 4.79 Å². The smallest absolute Gasteiger partial charge is 0.407 e. The van der Waals surface area contributed by atoms with Crippen molar-refractivity contribution in [3.63, 3.8) is 0 Å². The molecular weight excluding hydrogens is 174 g/mol. The first-order valence-corrected chi connectivity index (χ1v) is 4.11. The molecule has 0 aliphatic carbocycles. The Morgan fingerprint density at radius 1 is 1.54 bits per heavy atom. The van der Waals surface area contributed by atoms with Crippen LogP contribution in [0.25, 0.3) is 0 Å². The summed E-state index contributed by atoms with van der Waals surface area (Å²) in [5.74, 6) is 0. The predicted molar refractivity (Wildman–Crippen MR) is 47.3 cm³/mol. The zero-order valence-corrected chi connectivity index (χ0v) is 8.20. The third kappa shape index (κ3) is 7.55. The number of nitrogens with one attached hydrogen (secondary N) is 1. The maximum Gasteiger partial charge on any atom is 0.407 e. The van der Waals surface area contributed by atoms with E-state index in [1.807, 2.05) is 0 Å². The maximum atomic E-state index is 11.0. The molecule has 3 N–H and O–H groups in total. The Kier molecular flexibility index (Phi) is 4.72. The van der Waals surface area contributed by atoms with Crippen molar-refractivity contribution in [1.82, 2.24) is 5.32 Å². The summed E-state index contributed by atoms with van der Waals surface area (Å²) in [6, 6.07) is 0. The quantitative estimate of drug-likeness (QED) is 0.580. The Bertz CT molecular complexity index is 164. The molecule has 0 bridgehead atoms. The van der Waals surface area contributed by atoms with Crippen molar-refractivity contribution in [2.24, 2.45) is 0 Å². The van der Waals surface area contributed by atoms with Crippen LogP contribution in [0.3, 0.4) is 0 Å².